The fourth-order valence-corrected chi connectivity index (χ4v) is 3.90. The zero-order valence-corrected chi connectivity index (χ0v) is 14.1. The average Bonchev–Trinajstić information content (AvgIpc) is 3.00. The Hall–Kier alpha value is -2.44. The smallest absolute Gasteiger partial charge is 0.216 e. The number of hydrogen-bond acceptors (Lipinski definition) is 3. The van der Waals surface area contributed by atoms with Gasteiger partial charge in [0.2, 0.25) is 10.0 Å². The summed E-state index contributed by atoms with van der Waals surface area (Å²) < 4.78 is 29.9. The minimum absolute atomic E-state index is 0.0679. The lowest BCUT2D eigenvalue weighted by molar-refractivity contribution is 0.562. The molecule has 0 aliphatic rings. The Morgan fingerprint density at radius 2 is 1.67 bits per heavy atom. The van der Waals surface area contributed by atoms with Crippen molar-refractivity contribution in [3.63, 3.8) is 0 Å². The average molecular weight is 341 g/mol. The highest BCUT2D eigenvalue weighted by atomic mass is 32.2. The van der Waals surface area contributed by atoms with Crippen LogP contribution in [0.3, 0.4) is 0 Å². The molecular formula is C18H19N3O2S. The van der Waals surface area contributed by atoms with Gasteiger partial charge >= 0.3 is 0 Å². The number of nitrogens with zero attached hydrogens (tertiary/aromatic N) is 2. The van der Waals surface area contributed by atoms with Gasteiger partial charge in [0.1, 0.15) is 11.9 Å². The van der Waals surface area contributed by atoms with Gasteiger partial charge in [-0.05, 0) is 11.1 Å². The zero-order chi connectivity index (χ0) is 17.0. The van der Waals surface area contributed by atoms with E-state index in [2.05, 4.69) is 9.71 Å². The lowest BCUT2D eigenvalue weighted by Gasteiger charge is -2.19. The highest BCUT2D eigenvalue weighted by Crippen LogP contribution is 2.22. The molecule has 3 aromatic rings. The first-order chi connectivity index (χ1) is 11.6. The Labute approximate surface area is 142 Å². The van der Waals surface area contributed by atoms with Crippen molar-refractivity contribution in [2.75, 3.05) is 0 Å². The Balaban J connectivity index is 1.91. The molecule has 2 aromatic carbocycles. The largest absolute Gasteiger partial charge is 0.336 e. The fourth-order valence-electron chi connectivity index (χ4n) is 2.59. The molecule has 5 nitrogen and oxygen atoms in total. The number of nitrogens with one attached hydrogen (secondary N) is 1. The molecule has 1 atom stereocenters. The van der Waals surface area contributed by atoms with Crippen molar-refractivity contribution in [1.82, 2.24) is 14.3 Å². The van der Waals surface area contributed by atoms with Crippen molar-refractivity contribution >= 4 is 10.0 Å². The van der Waals surface area contributed by atoms with Crippen molar-refractivity contribution in [2.45, 2.75) is 11.8 Å². The molecule has 1 aromatic heterocycles. The van der Waals surface area contributed by atoms with Crippen LogP contribution in [0, 0.1) is 0 Å². The summed E-state index contributed by atoms with van der Waals surface area (Å²) in [5.74, 6) is 0.583. The molecule has 1 heterocycles. The Morgan fingerprint density at radius 3 is 2.25 bits per heavy atom. The van der Waals surface area contributed by atoms with E-state index in [0.717, 1.165) is 11.1 Å². The van der Waals surface area contributed by atoms with Gasteiger partial charge in [-0.1, -0.05) is 60.7 Å². The van der Waals surface area contributed by atoms with Crippen molar-refractivity contribution in [2.24, 2.45) is 7.05 Å². The second-order valence-corrected chi connectivity index (χ2v) is 7.36. The first-order valence-electron chi connectivity index (χ1n) is 7.61. The van der Waals surface area contributed by atoms with Gasteiger partial charge in [0.25, 0.3) is 0 Å². The second-order valence-electron chi connectivity index (χ2n) is 5.60. The van der Waals surface area contributed by atoms with E-state index in [1.54, 1.807) is 24.5 Å². The standard InChI is InChI=1S/C18H19N3O2S/c1-21-13-12-19-18(21)17(16-10-6-3-7-11-16)20-24(22,23)14-15-8-4-2-5-9-15/h2-13,17,20H,14H2,1H3. The first kappa shape index (κ1) is 16.4. The van der Waals surface area contributed by atoms with E-state index in [1.807, 2.05) is 60.1 Å². The third kappa shape index (κ3) is 3.90. The molecular weight excluding hydrogens is 322 g/mol. The minimum atomic E-state index is -3.53. The quantitative estimate of drug-likeness (QED) is 0.750. The van der Waals surface area contributed by atoms with Crippen molar-refractivity contribution in [3.8, 4) is 0 Å². The first-order valence-corrected chi connectivity index (χ1v) is 9.26. The monoisotopic (exact) mass is 341 g/mol. The molecule has 0 amide bonds. The molecule has 124 valence electrons. The van der Waals surface area contributed by atoms with Crippen LogP contribution in [0.25, 0.3) is 0 Å². The highest BCUT2D eigenvalue weighted by Gasteiger charge is 2.24. The van der Waals surface area contributed by atoms with Crippen LogP contribution in [0.5, 0.6) is 0 Å². The lowest BCUT2D eigenvalue weighted by Crippen LogP contribution is -2.32. The van der Waals surface area contributed by atoms with Crippen LogP contribution in [0.2, 0.25) is 0 Å². The molecule has 0 radical (unpaired) electrons. The van der Waals surface area contributed by atoms with E-state index in [0.29, 0.717) is 5.82 Å². The van der Waals surface area contributed by atoms with Gasteiger partial charge in [-0.2, -0.15) is 4.72 Å². The van der Waals surface area contributed by atoms with Crippen LogP contribution >= 0.6 is 0 Å². The van der Waals surface area contributed by atoms with Crippen LogP contribution in [-0.2, 0) is 22.8 Å². The number of sulfonamides is 1. The molecule has 1 unspecified atom stereocenters. The topological polar surface area (TPSA) is 64.0 Å². The number of imidazole rings is 1. The number of hydrogen-bond donors (Lipinski definition) is 1. The third-order valence-electron chi connectivity index (χ3n) is 3.75. The van der Waals surface area contributed by atoms with E-state index in [-0.39, 0.29) is 5.75 Å². The SMILES string of the molecule is Cn1ccnc1C(NS(=O)(=O)Cc1ccccc1)c1ccccc1. The Kier molecular flexibility index (Phi) is 4.78. The number of aryl methyl sites for hydroxylation is 1. The molecule has 0 saturated heterocycles. The predicted octanol–water partition coefficient (Wildman–Crippen LogP) is 2.63. The molecule has 0 saturated carbocycles. The van der Waals surface area contributed by atoms with E-state index >= 15 is 0 Å². The molecule has 0 bridgehead atoms. The maximum Gasteiger partial charge on any atom is 0.216 e. The van der Waals surface area contributed by atoms with Crippen LogP contribution in [-0.4, -0.2) is 18.0 Å². The van der Waals surface area contributed by atoms with Gasteiger partial charge in [-0.3, -0.25) is 0 Å². The van der Waals surface area contributed by atoms with E-state index in [9.17, 15) is 8.42 Å². The van der Waals surface area contributed by atoms with Crippen molar-refractivity contribution in [3.05, 3.63) is 90.0 Å². The normalized spacial score (nSPS) is 12.9. The van der Waals surface area contributed by atoms with Gasteiger partial charge in [-0.15, -0.1) is 0 Å². The van der Waals surface area contributed by atoms with Gasteiger partial charge in [0.05, 0.1) is 5.75 Å². The summed E-state index contributed by atoms with van der Waals surface area (Å²) in [6.07, 6.45) is 3.47. The lowest BCUT2D eigenvalue weighted by atomic mass is 10.1. The molecule has 24 heavy (non-hydrogen) atoms. The summed E-state index contributed by atoms with van der Waals surface area (Å²) in [7, 11) is -1.68. The van der Waals surface area contributed by atoms with E-state index in [4.69, 9.17) is 0 Å². The number of rotatable bonds is 6. The zero-order valence-electron chi connectivity index (χ0n) is 13.3. The summed E-state index contributed by atoms with van der Waals surface area (Å²) >= 11 is 0. The summed E-state index contributed by atoms with van der Waals surface area (Å²) in [6, 6.07) is 18.1. The van der Waals surface area contributed by atoms with Crippen molar-refractivity contribution < 1.29 is 8.42 Å². The summed E-state index contributed by atoms with van der Waals surface area (Å²) in [6.45, 7) is 0. The van der Waals surface area contributed by atoms with Crippen LogP contribution in [0.1, 0.15) is 23.0 Å². The summed E-state index contributed by atoms with van der Waals surface area (Å²) in [4.78, 5) is 4.32. The fraction of sp³-hybridized carbons (Fsp3) is 0.167. The van der Waals surface area contributed by atoms with E-state index < -0.39 is 16.1 Å². The molecule has 0 aliphatic heterocycles. The van der Waals surface area contributed by atoms with Gasteiger partial charge in [-0.25, -0.2) is 13.4 Å². The maximum absolute atomic E-state index is 12.6. The Morgan fingerprint density at radius 1 is 1.04 bits per heavy atom. The van der Waals surface area contributed by atoms with Gasteiger partial charge in [0.15, 0.2) is 0 Å². The Bertz CT molecular complexity index is 890. The van der Waals surface area contributed by atoms with Gasteiger partial charge < -0.3 is 4.57 Å². The number of aromatic nitrogens is 2. The maximum atomic E-state index is 12.6. The summed E-state index contributed by atoms with van der Waals surface area (Å²) in [5.41, 5.74) is 1.60. The highest BCUT2D eigenvalue weighted by molar-refractivity contribution is 7.88. The van der Waals surface area contributed by atoms with Crippen LogP contribution in [0.4, 0.5) is 0 Å². The minimum Gasteiger partial charge on any atom is -0.336 e. The third-order valence-corrected chi connectivity index (χ3v) is 5.05. The molecule has 0 spiro atoms. The van der Waals surface area contributed by atoms with Crippen LogP contribution < -0.4 is 4.72 Å². The molecule has 3 rings (SSSR count). The van der Waals surface area contributed by atoms with Crippen LogP contribution in [0.15, 0.2) is 73.1 Å². The van der Waals surface area contributed by atoms with E-state index in [1.165, 1.54) is 0 Å². The second kappa shape index (κ2) is 6.98. The predicted molar refractivity (Wildman–Crippen MR) is 93.7 cm³/mol. The molecule has 6 heteroatoms. The van der Waals surface area contributed by atoms with Crippen molar-refractivity contribution in [1.29, 1.82) is 0 Å². The van der Waals surface area contributed by atoms with Gasteiger partial charge in [0, 0.05) is 19.4 Å². The number of benzene rings is 2. The molecule has 1 N–H and O–H groups in total. The summed E-state index contributed by atoms with van der Waals surface area (Å²) in [5, 5.41) is 0. The molecule has 0 fully saturated rings. The molecule has 0 aliphatic carbocycles.